The first-order chi connectivity index (χ1) is 12.2. The lowest BCUT2D eigenvalue weighted by Crippen LogP contribution is -2.15. The van der Waals surface area contributed by atoms with Crippen LogP contribution in [0.4, 0.5) is 0 Å². The second-order valence-electron chi connectivity index (χ2n) is 5.98. The third-order valence-electron chi connectivity index (χ3n) is 3.92. The lowest BCUT2D eigenvalue weighted by atomic mass is 10.2. The summed E-state index contributed by atoms with van der Waals surface area (Å²) in [6.07, 6.45) is 3.66. The molecular formula is C21H28ClNO2. The molecular weight excluding hydrogens is 334 g/mol. The summed E-state index contributed by atoms with van der Waals surface area (Å²) in [5.74, 6) is 1.43. The molecule has 0 saturated heterocycles. The second kappa shape index (κ2) is 11.0. The first-order valence-electron chi connectivity index (χ1n) is 9.07. The molecule has 0 aliphatic heterocycles. The SMILES string of the molecule is CCCCCNCc1cc(OCC)c(OCc2ccccc2)cc1Cl. The Kier molecular flexibility index (Phi) is 8.64. The smallest absolute Gasteiger partial charge is 0.163 e. The zero-order valence-electron chi connectivity index (χ0n) is 15.2. The van der Waals surface area contributed by atoms with Crippen LogP contribution in [0.15, 0.2) is 42.5 Å². The Labute approximate surface area is 156 Å². The molecule has 0 aliphatic carbocycles. The Hall–Kier alpha value is -1.71. The van der Waals surface area contributed by atoms with Crippen molar-refractivity contribution in [3.8, 4) is 11.5 Å². The Morgan fingerprint density at radius 3 is 2.44 bits per heavy atom. The summed E-state index contributed by atoms with van der Waals surface area (Å²) in [7, 11) is 0. The van der Waals surface area contributed by atoms with Crippen LogP contribution in [0, 0.1) is 0 Å². The van der Waals surface area contributed by atoms with Gasteiger partial charge in [-0.2, -0.15) is 0 Å². The van der Waals surface area contributed by atoms with Crippen molar-refractivity contribution >= 4 is 11.6 Å². The molecule has 0 bridgehead atoms. The Balaban J connectivity index is 2.02. The van der Waals surface area contributed by atoms with Crippen molar-refractivity contribution in [3.63, 3.8) is 0 Å². The van der Waals surface area contributed by atoms with Crippen LogP contribution < -0.4 is 14.8 Å². The monoisotopic (exact) mass is 361 g/mol. The highest BCUT2D eigenvalue weighted by atomic mass is 35.5. The van der Waals surface area contributed by atoms with Gasteiger partial charge in [-0.05, 0) is 37.1 Å². The predicted octanol–water partition coefficient (Wildman–Crippen LogP) is 5.60. The van der Waals surface area contributed by atoms with Gasteiger partial charge in [0, 0.05) is 17.6 Å². The van der Waals surface area contributed by atoms with Crippen LogP contribution in [-0.2, 0) is 13.2 Å². The van der Waals surface area contributed by atoms with E-state index in [2.05, 4.69) is 12.2 Å². The molecule has 0 unspecified atom stereocenters. The van der Waals surface area contributed by atoms with Gasteiger partial charge in [0.25, 0.3) is 0 Å². The van der Waals surface area contributed by atoms with Gasteiger partial charge < -0.3 is 14.8 Å². The molecule has 4 heteroatoms. The van der Waals surface area contributed by atoms with E-state index in [-0.39, 0.29) is 0 Å². The van der Waals surface area contributed by atoms with Crippen molar-refractivity contribution in [2.75, 3.05) is 13.2 Å². The van der Waals surface area contributed by atoms with Crippen LogP contribution in [0.5, 0.6) is 11.5 Å². The maximum atomic E-state index is 6.45. The molecule has 3 nitrogen and oxygen atoms in total. The molecule has 0 radical (unpaired) electrons. The molecule has 0 heterocycles. The summed E-state index contributed by atoms with van der Waals surface area (Å²) in [6.45, 7) is 7.00. The van der Waals surface area contributed by atoms with Crippen molar-refractivity contribution in [3.05, 3.63) is 58.6 Å². The maximum absolute atomic E-state index is 6.45. The Morgan fingerprint density at radius 1 is 0.960 bits per heavy atom. The minimum absolute atomic E-state index is 0.492. The molecule has 0 amide bonds. The van der Waals surface area contributed by atoms with E-state index < -0.39 is 0 Å². The predicted molar refractivity (Wildman–Crippen MR) is 105 cm³/mol. The third kappa shape index (κ3) is 6.60. The number of ether oxygens (including phenoxy) is 2. The van der Waals surface area contributed by atoms with E-state index in [1.165, 1.54) is 19.3 Å². The van der Waals surface area contributed by atoms with Gasteiger partial charge in [-0.3, -0.25) is 0 Å². The molecule has 25 heavy (non-hydrogen) atoms. The van der Waals surface area contributed by atoms with E-state index in [9.17, 15) is 0 Å². The highest BCUT2D eigenvalue weighted by Gasteiger charge is 2.11. The third-order valence-corrected chi connectivity index (χ3v) is 4.27. The first kappa shape index (κ1) is 19.6. The van der Waals surface area contributed by atoms with Gasteiger partial charge in [0.2, 0.25) is 0 Å². The van der Waals surface area contributed by atoms with Crippen LogP contribution in [0.25, 0.3) is 0 Å². The molecule has 0 aliphatic rings. The average molecular weight is 362 g/mol. The van der Waals surface area contributed by atoms with Crippen LogP contribution in [0.1, 0.15) is 44.2 Å². The van der Waals surface area contributed by atoms with E-state index in [4.69, 9.17) is 21.1 Å². The van der Waals surface area contributed by atoms with Gasteiger partial charge in [-0.25, -0.2) is 0 Å². The summed E-state index contributed by atoms with van der Waals surface area (Å²) in [5, 5.41) is 4.15. The molecule has 2 aromatic rings. The molecule has 0 atom stereocenters. The molecule has 136 valence electrons. The zero-order valence-corrected chi connectivity index (χ0v) is 15.9. The summed E-state index contributed by atoms with van der Waals surface area (Å²) in [6, 6.07) is 13.9. The largest absolute Gasteiger partial charge is 0.490 e. The molecule has 0 spiro atoms. The van der Waals surface area contributed by atoms with Gasteiger partial charge in [0.05, 0.1) is 6.61 Å². The summed E-state index contributed by atoms with van der Waals surface area (Å²) in [4.78, 5) is 0. The van der Waals surface area contributed by atoms with Crippen molar-refractivity contribution in [2.45, 2.75) is 46.3 Å². The number of benzene rings is 2. The van der Waals surface area contributed by atoms with Crippen LogP contribution >= 0.6 is 11.6 Å². The molecule has 0 fully saturated rings. The standard InChI is InChI=1S/C21H28ClNO2/c1-3-5-9-12-23-15-18-13-20(24-4-2)21(14-19(18)22)25-16-17-10-7-6-8-11-17/h6-8,10-11,13-14,23H,3-5,9,12,15-16H2,1-2H3. The molecule has 2 aromatic carbocycles. The zero-order chi connectivity index (χ0) is 17.9. The van der Waals surface area contributed by atoms with Crippen LogP contribution in [0.3, 0.4) is 0 Å². The number of hydrogen-bond acceptors (Lipinski definition) is 3. The molecule has 0 saturated carbocycles. The highest BCUT2D eigenvalue weighted by Crippen LogP contribution is 2.34. The van der Waals surface area contributed by atoms with Gasteiger partial charge in [-0.1, -0.05) is 61.7 Å². The lowest BCUT2D eigenvalue weighted by molar-refractivity contribution is 0.269. The van der Waals surface area contributed by atoms with Gasteiger partial charge in [0.1, 0.15) is 6.61 Å². The minimum atomic E-state index is 0.492. The summed E-state index contributed by atoms with van der Waals surface area (Å²) < 4.78 is 11.7. The van der Waals surface area contributed by atoms with Crippen molar-refractivity contribution in [2.24, 2.45) is 0 Å². The fraction of sp³-hybridized carbons (Fsp3) is 0.429. The Morgan fingerprint density at radius 2 is 1.72 bits per heavy atom. The quantitative estimate of drug-likeness (QED) is 0.528. The number of hydrogen-bond donors (Lipinski definition) is 1. The van der Waals surface area contributed by atoms with E-state index >= 15 is 0 Å². The van der Waals surface area contributed by atoms with Crippen molar-refractivity contribution in [1.82, 2.24) is 5.32 Å². The van der Waals surface area contributed by atoms with Crippen molar-refractivity contribution in [1.29, 1.82) is 0 Å². The van der Waals surface area contributed by atoms with Crippen LogP contribution in [0.2, 0.25) is 5.02 Å². The Bertz CT molecular complexity index is 631. The summed E-state index contributed by atoms with van der Waals surface area (Å²) in [5.41, 5.74) is 2.15. The van der Waals surface area contributed by atoms with E-state index in [1.807, 2.05) is 49.4 Å². The maximum Gasteiger partial charge on any atom is 0.163 e. The lowest BCUT2D eigenvalue weighted by Gasteiger charge is -2.15. The topological polar surface area (TPSA) is 30.5 Å². The van der Waals surface area contributed by atoms with E-state index in [0.717, 1.165) is 30.0 Å². The average Bonchev–Trinajstić information content (AvgIpc) is 2.63. The van der Waals surface area contributed by atoms with E-state index in [1.54, 1.807) is 0 Å². The fourth-order valence-electron chi connectivity index (χ4n) is 2.55. The van der Waals surface area contributed by atoms with Crippen molar-refractivity contribution < 1.29 is 9.47 Å². The molecule has 2 rings (SSSR count). The minimum Gasteiger partial charge on any atom is -0.490 e. The molecule has 0 aromatic heterocycles. The molecule has 1 N–H and O–H groups in total. The summed E-state index contributed by atoms with van der Waals surface area (Å²) >= 11 is 6.45. The van der Waals surface area contributed by atoms with Crippen LogP contribution in [-0.4, -0.2) is 13.2 Å². The highest BCUT2D eigenvalue weighted by molar-refractivity contribution is 6.31. The van der Waals surface area contributed by atoms with Gasteiger partial charge in [-0.15, -0.1) is 0 Å². The normalized spacial score (nSPS) is 10.7. The van der Waals surface area contributed by atoms with Gasteiger partial charge in [0.15, 0.2) is 11.5 Å². The number of unbranched alkanes of at least 4 members (excludes halogenated alkanes) is 2. The first-order valence-corrected chi connectivity index (χ1v) is 9.45. The number of nitrogens with one attached hydrogen (secondary N) is 1. The number of halogens is 1. The second-order valence-corrected chi connectivity index (χ2v) is 6.39. The van der Waals surface area contributed by atoms with Gasteiger partial charge >= 0.3 is 0 Å². The van der Waals surface area contributed by atoms with E-state index in [0.29, 0.717) is 24.0 Å². The number of rotatable bonds is 11. The fourth-order valence-corrected chi connectivity index (χ4v) is 2.77.